The molecule has 7 nitrogen and oxygen atoms in total. The number of anilines is 1. The number of hydrogen-bond donors (Lipinski definition) is 2. The molecule has 0 spiro atoms. The van der Waals surface area contributed by atoms with Gasteiger partial charge >= 0.3 is 0 Å². The Balaban J connectivity index is 1.37. The molecule has 2 amide bonds. The molecule has 0 bridgehead atoms. The minimum Gasteiger partial charge on any atom is -0.357 e. The maximum atomic E-state index is 12.0. The summed E-state index contributed by atoms with van der Waals surface area (Å²) in [4.78, 5) is 32.5. The Kier molecular flexibility index (Phi) is 7.60. The summed E-state index contributed by atoms with van der Waals surface area (Å²) in [6, 6.07) is 16.3. The van der Waals surface area contributed by atoms with Crippen molar-refractivity contribution in [2.75, 3.05) is 24.5 Å². The van der Waals surface area contributed by atoms with Gasteiger partial charge in [-0.05, 0) is 48.6 Å². The van der Waals surface area contributed by atoms with Crippen LogP contribution in [0.3, 0.4) is 0 Å². The average molecular weight is 448 g/mol. The Morgan fingerprint density at radius 3 is 2.30 bits per heavy atom. The molecule has 2 heterocycles. The number of benzene rings is 2. The number of amides is 2. The Labute approximate surface area is 195 Å². The van der Waals surface area contributed by atoms with Crippen molar-refractivity contribution < 1.29 is 9.59 Å². The van der Waals surface area contributed by atoms with Crippen LogP contribution in [0.1, 0.15) is 49.3 Å². The summed E-state index contributed by atoms with van der Waals surface area (Å²) in [7, 11) is 0. The molecule has 0 aromatic heterocycles. The van der Waals surface area contributed by atoms with Gasteiger partial charge < -0.3 is 20.4 Å². The van der Waals surface area contributed by atoms with E-state index in [1.54, 1.807) is 0 Å². The molecule has 0 atom stereocenters. The normalized spacial score (nSPS) is 16.6. The molecule has 2 aromatic carbocycles. The van der Waals surface area contributed by atoms with Gasteiger partial charge in [0, 0.05) is 51.3 Å². The third kappa shape index (κ3) is 5.92. The van der Waals surface area contributed by atoms with Crippen molar-refractivity contribution in [1.29, 1.82) is 0 Å². The number of hydrogen-bond acceptors (Lipinski definition) is 3. The van der Waals surface area contributed by atoms with E-state index in [1.165, 1.54) is 11.1 Å². The van der Waals surface area contributed by atoms with Gasteiger partial charge in [-0.25, -0.2) is 4.99 Å². The second kappa shape index (κ2) is 11.0. The number of carbonyl (C=O) groups is 2. The molecule has 2 aromatic rings. The fourth-order valence-electron chi connectivity index (χ4n) is 4.35. The highest BCUT2D eigenvalue weighted by Crippen LogP contribution is 2.22. The zero-order valence-electron chi connectivity index (χ0n) is 19.3. The molecular formula is C26H33N5O2. The highest BCUT2D eigenvalue weighted by atomic mass is 16.2. The van der Waals surface area contributed by atoms with E-state index < -0.39 is 0 Å². The first kappa shape index (κ1) is 22.8. The smallest absolute Gasteiger partial charge is 0.227 e. The fourth-order valence-corrected chi connectivity index (χ4v) is 4.35. The molecule has 0 aliphatic carbocycles. The largest absolute Gasteiger partial charge is 0.357 e. The Bertz CT molecular complexity index is 1000. The number of rotatable bonds is 8. The van der Waals surface area contributed by atoms with Crippen LogP contribution < -0.4 is 15.5 Å². The standard InChI is InChI=1S/C26H33N5O2/c1-2-27-26(28-17-20-11-13-23(14-12-20)31-16-6-10-25(31)33)29-18-21-7-3-4-8-22(21)19-30-15-5-9-24(30)32/h3-4,7-8,11-14H,2,5-6,9-10,15-19H2,1H3,(H2,27,28,29). The molecule has 2 fully saturated rings. The minimum absolute atomic E-state index is 0.203. The molecular weight excluding hydrogens is 414 g/mol. The van der Waals surface area contributed by atoms with E-state index in [9.17, 15) is 9.59 Å². The van der Waals surface area contributed by atoms with Crippen LogP contribution in [0, 0.1) is 0 Å². The average Bonchev–Trinajstić information content (AvgIpc) is 3.44. The summed E-state index contributed by atoms with van der Waals surface area (Å²) in [6.07, 6.45) is 3.18. The maximum Gasteiger partial charge on any atom is 0.227 e. The van der Waals surface area contributed by atoms with Gasteiger partial charge in [0.2, 0.25) is 11.8 Å². The first-order valence-electron chi connectivity index (χ1n) is 11.9. The monoisotopic (exact) mass is 447 g/mol. The van der Waals surface area contributed by atoms with E-state index in [0.717, 1.165) is 49.7 Å². The van der Waals surface area contributed by atoms with Crippen LogP contribution in [0.25, 0.3) is 0 Å². The molecule has 174 valence electrons. The number of aliphatic imine (C=N–C) groups is 1. The number of nitrogens with zero attached hydrogens (tertiary/aromatic N) is 3. The van der Waals surface area contributed by atoms with Crippen molar-refractivity contribution in [3.63, 3.8) is 0 Å². The van der Waals surface area contributed by atoms with Gasteiger partial charge in [0.1, 0.15) is 0 Å². The summed E-state index contributed by atoms with van der Waals surface area (Å²) in [5.74, 6) is 1.20. The first-order valence-corrected chi connectivity index (χ1v) is 11.9. The highest BCUT2D eigenvalue weighted by molar-refractivity contribution is 5.95. The lowest BCUT2D eigenvalue weighted by Crippen LogP contribution is -2.37. The molecule has 7 heteroatoms. The Morgan fingerprint density at radius 2 is 1.64 bits per heavy atom. The molecule has 0 unspecified atom stereocenters. The predicted octanol–water partition coefficient (Wildman–Crippen LogP) is 3.19. The van der Waals surface area contributed by atoms with Gasteiger partial charge in [-0.3, -0.25) is 9.59 Å². The van der Waals surface area contributed by atoms with Crippen LogP contribution in [0.2, 0.25) is 0 Å². The lowest BCUT2D eigenvalue weighted by atomic mass is 10.1. The first-order chi connectivity index (χ1) is 16.1. The SMILES string of the molecule is CCNC(=NCc1ccc(N2CCCC2=O)cc1)NCc1ccccc1CN1CCCC1=O. The van der Waals surface area contributed by atoms with Gasteiger partial charge in [-0.1, -0.05) is 36.4 Å². The second-order valence-corrected chi connectivity index (χ2v) is 8.55. The number of likely N-dealkylation sites (tertiary alicyclic amines) is 1. The van der Waals surface area contributed by atoms with Gasteiger partial charge in [0.15, 0.2) is 5.96 Å². The van der Waals surface area contributed by atoms with Crippen LogP contribution in [0.5, 0.6) is 0 Å². The quantitative estimate of drug-likeness (QED) is 0.481. The summed E-state index contributed by atoms with van der Waals surface area (Å²) < 4.78 is 0. The van der Waals surface area contributed by atoms with Crippen LogP contribution >= 0.6 is 0 Å². The molecule has 2 N–H and O–H groups in total. The second-order valence-electron chi connectivity index (χ2n) is 8.55. The van der Waals surface area contributed by atoms with E-state index in [1.807, 2.05) is 53.1 Å². The summed E-state index contributed by atoms with van der Waals surface area (Å²) in [6.45, 7) is 6.31. The number of guanidine groups is 1. The zero-order chi connectivity index (χ0) is 23.0. The van der Waals surface area contributed by atoms with Gasteiger partial charge in [0.05, 0.1) is 6.54 Å². The van der Waals surface area contributed by atoms with Crippen molar-refractivity contribution in [1.82, 2.24) is 15.5 Å². The van der Waals surface area contributed by atoms with Crippen molar-refractivity contribution in [2.24, 2.45) is 4.99 Å². The predicted molar refractivity (Wildman–Crippen MR) is 131 cm³/mol. The summed E-state index contributed by atoms with van der Waals surface area (Å²) in [5, 5.41) is 6.73. The molecule has 2 saturated heterocycles. The van der Waals surface area contributed by atoms with Crippen molar-refractivity contribution in [3.8, 4) is 0 Å². The number of carbonyl (C=O) groups excluding carboxylic acids is 2. The molecule has 4 rings (SSSR count). The highest BCUT2D eigenvalue weighted by Gasteiger charge is 2.22. The zero-order valence-corrected chi connectivity index (χ0v) is 19.3. The topological polar surface area (TPSA) is 77.0 Å². The molecule has 0 radical (unpaired) electrons. The van der Waals surface area contributed by atoms with Crippen molar-refractivity contribution in [3.05, 3.63) is 65.2 Å². The van der Waals surface area contributed by atoms with E-state index in [-0.39, 0.29) is 11.8 Å². The maximum absolute atomic E-state index is 12.0. The molecule has 33 heavy (non-hydrogen) atoms. The lowest BCUT2D eigenvalue weighted by molar-refractivity contribution is -0.128. The fraction of sp³-hybridized carbons (Fsp3) is 0.423. The van der Waals surface area contributed by atoms with Gasteiger partial charge in [-0.2, -0.15) is 0 Å². The molecule has 2 aliphatic rings. The van der Waals surface area contributed by atoms with E-state index in [2.05, 4.69) is 22.8 Å². The van der Waals surface area contributed by atoms with Crippen molar-refractivity contribution >= 4 is 23.5 Å². The Hall–Kier alpha value is -3.35. The van der Waals surface area contributed by atoms with Crippen LogP contribution in [0.15, 0.2) is 53.5 Å². The summed E-state index contributed by atoms with van der Waals surface area (Å²) >= 11 is 0. The minimum atomic E-state index is 0.203. The summed E-state index contributed by atoms with van der Waals surface area (Å²) in [5.41, 5.74) is 4.39. The van der Waals surface area contributed by atoms with Crippen molar-refractivity contribution in [2.45, 2.75) is 52.2 Å². The molecule has 2 aliphatic heterocycles. The third-order valence-electron chi connectivity index (χ3n) is 6.18. The van der Waals surface area contributed by atoms with Crippen LogP contribution in [-0.2, 0) is 29.2 Å². The van der Waals surface area contributed by atoms with Gasteiger partial charge in [-0.15, -0.1) is 0 Å². The van der Waals surface area contributed by atoms with E-state index >= 15 is 0 Å². The van der Waals surface area contributed by atoms with E-state index in [0.29, 0.717) is 32.5 Å². The van der Waals surface area contributed by atoms with Crippen LogP contribution in [0.4, 0.5) is 5.69 Å². The lowest BCUT2D eigenvalue weighted by Gasteiger charge is -2.19. The van der Waals surface area contributed by atoms with Crippen LogP contribution in [-0.4, -0.2) is 42.3 Å². The van der Waals surface area contributed by atoms with Gasteiger partial charge in [0.25, 0.3) is 0 Å². The Morgan fingerprint density at radius 1 is 0.909 bits per heavy atom. The third-order valence-corrected chi connectivity index (χ3v) is 6.18. The molecule has 0 saturated carbocycles. The van der Waals surface area contributed by atoms with E-state index in [4.69, 9.17) is 4.99 Å². The number of nitrogens with one attached hydrogen (secondary N) is 2.